The first-order chi connectivity index (χ1) is 9.08. The molecule has 1 aromatic rings. The second-order valence-electron chi connectivity index (χ2n) is 4.48. The summed E-state index contributed by atoms with van der Waals surface area (Å²) in [6.45, 7) is 5.51. The Labute approximate surface area is 113 Å². The molecular weight excluding hydrogens is 244 g/mol. The Balaban J connectivity index is 2.94. The van der Waals surface area contributed by atoms with E-state index in [1.807, 2.05) is 4.90 Å². The van der Waals surface area contributed by atoms with Gasteiger partial charge in [0.1, 0.15) is 5.82 Å². The third-order valence-electron chi connectivity index (χ3n) is 2.41. The number of anilines is 1. The van der Waals surface area contributed by atoms with Crippen molar-refractivity contribution < 1.29 is 9.53 Å². The van der Waals surface area contributed by atoms with Crippen molar-refractivity contribution in [3.63, 3.8) is 0 Å². The number of carbonyl (C=O) groups is 1. The van der Waals surface area contributed by atoms with Crippen molar-refractivity contribution in [3.05, 3.63) is 18.1 Å². The van der Waals surface area contributed by atoms with E-state index in [1.54, 1.807) is 6.07 Å². The molecule has 1 heterocycles. The Kier molecular flexibility index (Phi) is 5.73. The third kappa shape index (κ3) is 4.54. The molecular formula is C13H18N4O2. The molecule has 19 heavy (non-hydrogen) atoms. The maximum atomic E-state index is 11.4. The first-order valence-electron chi connectivity index (χ1n) is 6.11. The molecule has 0 bridgehead atoms. The van der Waals surface area contributed by atoms with Gasteiger partial charge in [0.25, 0.3) is 0 Å². The van der Waals surface area contributed by atoms with Gasteiger partial charge in [0, 0.05) is 19.3 Å². The standard InChI is InChI=1S/C13H18N4O2/c1-10(2)9-17(8-4-6-14)11-5-7-15-12(16-11)13(18)19-3/h5,7,10H,4,8-9H2,1-3H3. The van der Waals surface area contributed by atoms with Crippen LogP contribution < -0.4 is 4.90 Å². The van der Waals surface area contributed by atoms with Gasteiger partial charge in [-0.3, -0.25) is 0 Å². The van der Waals surface area contributed by atoms with Gasteiger partial charge in [-0.25, -0.2) is 14.8 Å². The Bertz CT molecular complexity index is 468. The molecule has 0 spiro atoms. The van der Waals surface area contributed by atoms with Crippen molar-refractivity contribution in [1.29, 1.82) is 5.26 Å². The number of methoxy groups -OCH3 is 1. The number of nitrogens with zero attached hydrogens (tertiary/aromatic N) is 4. The number of carbonyl (C=O) groups excluding carboxylic acids is 1. The molecule has 0 radical (unpaired) electrons. The van der Waals surface area contributed by atoms with E-state index in [1.165, 1.54) is 13.3 Å². The van der Waals surface area contributed by atoms with E-state index in [2.05, 4.69) is 34.6 Å². The summed E-state index contributed by atoms with van der Waals surface area (Å²) in [5, 5.41) is 8.69. The molecule has 6 heteroatoms. The van der Waals surface area contributed by atoms with Gasteiger partial charge in [0.15, 0.2) is 0 Å². The summed E-state index contributed by atoms with van der Waals surface area (Å²) in [6.07, 6.45) is 1.93. The van der Waals surface area contributed by atoms with Crippen LogP contribution in [0.4, 0.5) is 5.82 Å². The molecule has 0 saturated carbocycles. The minimum Gasteiger partial charge on any atom is -0.463 e. The van der Waals surface area contributed by atoms with E-state index in [0.29, 0.717) is 24.7 Å². The van der Waals surface area contributed by atoms with Crippen molar-refractivity contribution in [2.24, 2.45) is 5.92 Å². The first kappa shape index (κ1) is 14.9. The van der Waals surface area contributed by atoms with Gasteiger partial charge in [-0.2, -0.15) is 5.26 Å². The molecule has 0 amide bonds. The van der Waals surface area contributed by atoms with Crippen LogP contribution in [0.5, 0.6) is 0 Å². The summed E-state index contributed by atoms with van der Waals surface area (Å²) in [4.78, 5) is 21.4. The van der Waals surface area contributed by atoms with Crippen LogP contribution in [-0.4, -0.2) is 36.1 Å². The molecule has 0 aromatic carbocycles. The zero-order valence-corrected chi connectivity index (χ0v) is 11.5. The van der Waals surface area contributed by atoms with Crippen molar-refractivity contribution in [3.8, 4) is 6.07 Å². The molecule has 0 N–H and O–H groups in total. The lowest BCUT2D eigenvalue weighted by Crippen LogP contribution is -2.30. The monoisotopic (exact) mass is 262 g/mol. The number of hydrogen-bond acceptors (Lipinski definition) is 6. The second kappa shape index (κ2) is 7.31. The molecule has 6 nitrogen and oxygen atoms in total. The van der Waals surface area contributed by atoms with Gasteiger partial charge >= 0.3 is 5.97 Å². The van der Waals surface area contributed by atoms with Gasteiger partial charge in [-0.05, 0) is 12.0 Å². The van der Waals surface area contributed by atoms with Crippen LogP contribution in [0.3, 0.4) is 0 Å². The summed E-state index contributed by atoms with van der Waals surface area (Å²) < 4.78 is 4.60. The molecule has 0 aliphatic rings. The van der Waals surface area contributed by atoms with Gasteiger partial charge in [0.05, 0.1) is 19.6 Å². The molecule has 1 rings (SSSR count). The maximum absolute atomic E-state index is 11.4. The largest absolute Gasteiger partial charge is 0.463 e. The molecule has 0 atom stereocenters. The van der Waals surface area contributed by atoms with Crippen LogP contribution in [0.25, 0.3) is 0 Å². The fraction of sp³-hybridized carbons (Fsp3) is 0.538. The van der Waals surface area contributed by atoms with Crippen molar-refractivity contribution in [2.75, 3.05) is 25.1 Å². The highest BCUT2D eigenvalue weighted by Crippen LogP contribution is 2.13. The summed E-state index contributed by atoms with van der Waals surface area (Å²) in [5.41, 5.74) is 0. The number of aromatic nitrogens is 2. The maximum Gasteiger partial charge on any atom is 0.376 e. The van der Waals surface area contributed by atoms with E-state index < -0.39 is 5.97 Å². The zero-order chi connectivity index (χ0) is 14.3. The molecule has 0 unspecified atom stereocenters. The Morgan fingerprint density at radius 1 is 1.58 bits per heavy atom. The Morgan fingerprint density at radius 2 is 2.32 bits per heavy atom. The van der Waals surface area contributed by atoms with E-state index in [-0.39, 0.29) is 5.82 Å². The van der Waals surface area contributed by atoms with Crippen molar-refractivity contribution in [2.45, 2.75) is 20.3 Å². The number of rotatable bonds is 6. The van der Waals surface area contributed by atoms with Crippen LogP contribution in [0, 0.1) is 17.2 Å². The van der Waals surface area contributed by atoms with Gasteiger partial charge < -0.3 is 9.64 Å². The SMILES string of the molecule is COC(=O)c1nccc(N(CCC#N)CC(C)C)n1. The highest BCUT2D eigenvalue weighted by atomic mass is 16.5. The summed E-state index contributed by atoms with van der Waals surface area (Å²) >= 11 is 0. The topological polar surface area (TPSA) is 79.1 Å². The zero-order valence-electron chi connectivity index (χ0n) is 11.5. The highest BCUT2D eigenvalue weighted by molar-refractivity contribution is 5.85. The number of hydrogen-bond donors (Lipinski definition) is 0. The quantitative estimate of drug-likeness (QED) is 0.725. The third-order valence-corrected chi connectivity index (χ3v) is 2.41. The Hall–Kier alpha value is -2.16. The average Bonchev–Trinajstić information content (AvgIpc) is 2.42. The lowest BCUT2D eigenvalue weighted by atomic mass is 10.2. The molecule has 1 aromatic heterocycles. The van der Waals surface area contributed by atoms with Crippen LogP contribution in [0.2, 0.25) is 0 Å². The minimum absolute atomic E-state index is 0.0331. The molecule has 102 valence electrons. The predicted molar refractivity (Wildman–Crippen MR) is 70.7 cm³/mol. The van der Waals surface area contributed by atoms with Crippen molar-refractivity contribution >= 4 is 11.8 Å². The molecule has 0 aliphatic heterocycles. The fourth-order valence-corrected chi connectivity index (χ4v) is 1.64. The van der Waals surface area contributed by atoms with E-state index in [0.717, 1.165) is 6.54 Å². The normalized spacial score (nSPS) is 10.1. The highest BCUT2D eigenvalue weighted by Gasteiger charge is 2.14. The summed E-state index contributed by atoms with van der Waals surface area (Å²) in [7, 11) is 1.29. The number of ether oxygens (including phenoxy) is 1. The minimum atomic E-state index is -0.563. The van der Waals surface area contributed by atoms with E-state index >= 15 is 0 Å². The van der Waals surface area contributed by atoms with Gasteiger partial charge in [-0.1, -0.05) is 13.8 Å². The van der Waals surface area contributed by atoms with E-state index in [9.17, 15) is 4.79 Å². The first-order valence-corrected chi connectivity index (χ1v) is 6.11. The second-order valence-corrected chi connectivity index (χ2v) is 4.48. The molecule has 0 saturated heterocycles. The van der Waals surface area contributed by atoms with Crippen LogP contribution in [0.15, 0.2) is 12.3 Å². The van der Waals surface area contributed by atoms with Crippen LogP contribution in [-0.2, 0) is 4.74 Å². The van der Waals surface area contributed by atoms with Crippen LogP contribution >= 0.6 is 0 Å². The van der Waals surface area contributed by atoms with E-state index in [4.69, 9.17) is 5.26 Å². The predicted octanol–water partition coefficient (Wildman–Crippen LogP) is 1.64. The molecule has 0 aliphatic carbocycles. The average molecular weight is 262 g/mol. The lowest BCUT2D eigenvalue weighted by molar-refractivity contribution is 0.0587. The molecule has 0 fully saturated rings. The summed E-state index contributed by atoms with van der Waals surface area (Å²) in [5.74, 6) is 0.534. The lowest BCUT2D eigenvalue weighted by Gasteiger charge is -2.24. The fourth-order valence-electron chi connectivity index (χ4n) is 1.64. The van der Waals surface area contributed by atoms with Crippen molar-refractivity contribution in [1.82, 2.24) is 9.97 Å². The number of esters is 1. The summed E-state index contributed by atoms with van der Waals surface area (Å²) in [6, 6.07) is 3.84. The smallest absolute Gasteiger partial charge is 0.376 e. The number of nitriles is 1. The van der Waals surface area contributed by atoms with Gasteiger partial charge in [-0.15, -0.1) is 0 Å². The van der Waals surface area contributed by atoms with Gasteiger partial charge in [0.2, 0.25) is 5.82 Å². The Morgan fingerprint density at radius 3 is 2.89 bits per heavy atom. The van der Waals surface area contributed by atoms with Crippen LogP contribution in [0.1, 0.15) is 30.9 Å².